The normalized spacial score (nSPS) is 15.2. The van der Waals surface area contributed by atoms with Gasteiger partial charge in [0.05, 0.1) is 18.5 Å². The molecule has 8 nitrogen and oxygen atoms in total. The summed E-state index contributed by atoms with van der Waals surface area (Å²) in [6.07, 6.45) is 2.10. The Balaban J connectivity index is 1.25. The van der Waals surface area contributed by atoms with E-state index in [1.165, 1.54) is 11.6 Å². The number of pyridine rings is 1. The standard InChI is InChI=1S/C26H21F3N6O2/c1-34-14-20(26(27,28)29)32-23(34)16-6-4-15(5-7-16)13-35-21(36)11-17-12-31-22(33-24(17)35)19-3-2-10-30-25(19)37-18-8-9-18/h2-7,10,12,14,18H,8-9,11,13H2,1H3. The molecule has 1 aliphatic carbocycles. The van der Waals surface area contributed by atoms with Crippen LogP contribution >= 0.6 is 0 Å². The van der Waals surface area contributed by atoms with Crippen molar-refractivity contribution in [1.29, 1.82) is 0 Å². The summed E-state index contributed by atoms with van der Waals surface area (Å²) in [4.78, 5) is 31.7. The van der Waals surface area contributed by atoms with Gasteiger partial charge in [0.15, 0.2) is 11.5 Å². The number of imidazole rings is 1. The fraction of sp³-hybridized carbons (Fsp3) is 0.269. The number of ether oxygens (including phenoxy) is 1. The van der Waals surface area contributed by atoms with Gasteiger partial charge in [0.2, 0.25) is 11.8 Å². The van der Waals surface area contributed by atoms with E-state index in [1.54, 1.807) is 47.6 Å². The monoisotopic (exact) mass is 506 g/mol. The van der Waals surface area contributed by atoms with Crippen molar-refractivity contribution in [1.82, 2.24) is 24.5 Å². The Bertz CT molecular complexity index is 1500. The third-order valence-corrected chi connectivity index (χ3v) is 6.27. The van der Waals surface area contributed by atoms with Crippen molar-refractivity contribution < 1.29 is 22.7 Å². The molecule has 188 valence electrons. The molecule has 0 saturated heterocycles. The molecule has 1 aromatic carbocycles. The van der Waals surface area contributed by atoms with Crippen LogP contribution in [-0.2, 0) is 31.0 Å². The third-order valence-electron chi connectivity index (χ3n) is 6.27. The van der Waals surface area contributed by atoms with Gasteiger partial charge >= 0.3 is 6.18 Å². The molecule has 0 unspecified atom stereocenters. The smallest absolute Gasteiger partial charge is 0.434 e. The van der Waals surface area contributed by atoms with Gasteiger partial charge in [0.1, 0.15) is 17.7 Å². The number of hydrogen-bond donors (Lipinski definition) is 0. The van der Waals surface area contributed by atoms with E-state index >= 15 is 0 Å². The summed E-state index contributed by atoms with van der Waals surface area (Å²) in [6.45, 7) is 0.259. The molecular formula is C26H21F3N6O2. The molecule has 0 atom stereocenters. The lowest BCUT2D eigenvalue weighted by Gasteiger charge is -2.17. The van der Waals surface area contributed by atoms with E-state index < -0.39 is 11.9 Å². The molecule has 0 spiro atoms. The molecule has 1 amide bonds. The van der Waals surface area contributed by atoms with Crippen molar-refractivity contribution in [2.24, 2.45) is 7.05 Å². The maximum atomic E-state index is 13.0. The minimum Gasteiger partial charge on any atom is -0.474 e. The Labute approximate surface area is 209 Å². The number of benzene rings is 1. The van der Waals surface area contributed by atoms with Gasteiger partial charge in [-0.15, -0.1) is 0 Å². The molecule has 1 saturated carbocycles. The summed E-state index contributed by atoms with van der Waals surface area (Å²) in [5.41, 5.74) is 1.79. The van der Waals surface area contributed by atoms with E-state index in [-0.39, 0.29) is 30.8 Å². The first-order valence-electron chi connectivity index (χ1n) is 11.7. The minimum absolute atomic E-state index is 0.106. The van der Waals surface area contributed by atoms with E-state index in [4.69, 9.17) is 9.72 Å². The maximum Gasteiger partial charge on any atom is 0.434 e. The van der Waals surface area contributed by atoms with Gasteiger partial charge in [-0.05, 0) is 30.5 Å². The largest absolute Gasteiger partial charge is 0.474 e. The number of alkyl halides is 3. The van der Waals surface area contributed by atoms with Crippen molar-refractivity contribution in [3.05, 3.63) is 71.8 Å². The Kier molecular flexibility index (Phi) is 5.43. The number of anilines is 1. The van der Waals surface area contributed by atoms with E-state index in [1.807, 2.05) is 6.07 Å². The molecular weight excluding hydrogens is 485 g/mol. The molecule has 4 aromatic rings. The van der Waals surface area contributed by atoms with E-state index in [0.29, 0.717) is 28.6 Å². The summed E-state index contributed by atoms with van der Waals surface area (Å²) in [7, 11) is 1.52. The fourth-order valence-corrected chi connectivity index (χ4v) is 4.24. The average molecular weight is 506 g/mol. The van der Waals surface area contributed by atoms with Crippen molar-refractivity contribution in [3.8, 4) is 28.7 Å². The van der Waals surface area contributed by atoms with Gasteiger partial charge in [-0.1, -0.05) is 24.3 Å². The molecule has 1 aliphatic heterocycles. The number of halogens is 3. The maximum absolute atomic E-state index is 13.0. The highest BCUT2D eigenvalue weighted by Gasteiger charge is 2.35. The fourth-order valence-electron chi connectivity index (χ4n) is 4.24. The van der Waals surface area contributed by atoms with Crippen LogP contribution in [0.3, 0.4) is 0 Å². The quantitative estimate of drug-likeness (QED) is 0.380. The van der Waals surface area contributed by atoms with Crippen LogP contribution in [-0.4, -0.2) is 36.5 Å². The van der Waals surface area contributed by atoms with Crippen molar-refractivity contribution in [2.75, 3.05) is 4.90 Å². The number of aryl methyl sites for hydroxylation is 1. The molecule has 0 N–H and O–H groups in total. The van der Waals surface area contributed by atoms with E-state index in [9.17, 15) is 18.0 Å². The molecule has 37 heavy (non-hydrogen) atoms. The molecule has 11 heteroatoms. The van der Waals surface area contributed by atoms with Gasteiger partial charge in [-0.25, -0.2) is 19.9 Å². The number of rotatable bonds is 6. The van der Waals surface area contributed by atoms with Crippen molar-refractivity contribution in [3.63, 3.8) is 0 Å². The average Bonchev–Trinajstić information content (AvgIpc) is 3.52. The van der Waals surface area contributed by atoms with Crippen LogP contribution in [0.15, 0.2) is 55.0 Å². The highest BCUT2D eigenvalue weighted by molar-refractivity contribution is 6.00. The number of carbonyl (C=O) groups excluding carboxylic acids is 1. The molecule has 2 aliphatic rings. The van der Waals surface area contributed by atoms with Gasteiger partial charge < -0.3 is 9.30 Å². The first kappa shape index (κ1) is 23.1. The molecule has 0 radical (unpaired) electrons. The number of nitrogens with zero attached hydrogens (tertiary/aromatic N) is 6. The highest BCUT2D eigenvalue weighted by atomic mass is 19.4. The number of hydrogen-bond acceptors (Lipinski definition) is 6. The lowest BCUT2D eigenvalue weighted by atomic mass is 10.1. The van der Waals surface area contributed by atoms with Crippen LogP contribution in [0.1, 0.15) is 29.7 Å². The number of aromatic nitrogens is 5. The van der Waals surface area contributed by atoms with Crippen LogP contribution in [0.4, 0.5) is 19.0 Å². The SMILES string of the molecule is Cn1cc(C(F)(F)F)nc1-c1ccc(CN2C(=O)Cc3cnc(-c4cccnc4OC4CC4)nc32)cc1. The zero-order valence-corrected chi connectivity index (χ0v) is 19.7. The molecule has 3 aromatic heterocycles. The zero-order valence-electron chi connectivity index (χ0n) is 19.7. The van der Waals surface area contributed by atoms with Gasteiger partial charge in [-0.2, -0.15) is 13.2 Å². The Morgan fingerprint density at radius 3 is 2.57 bits per heavy atom. The molecule has 0 bridgehead atoms. The van der Waals surface area contributed by atoms with Crippen LogP contribution in [0, 0.1) is 0 Å². The summed E-state index contributed by atoms with van der Waals surface area (Å²) in [5, 5.41) is 0. The number of amides is 1. The molecule has 4 heterocycles. The van der Waals surface area contributed by atoms with Crippen LogP contribution < -0.4 is 9.64 Å². The van der Waals surface area contributed by atoms with Crippen LogP contribution in [0.2, 0.25) is 0 Å². The van der Waals surface area contributed by atoms with Gasteiger partial charge in [0, 0.05) is 36.8 Å². The predicted molar refractivity (Wildman–Crippen MR) is 127 cm³/mol. The zero-order chi connectivity index (χ0) is 25.7. The second-order valence-electron chi connectivity index (χ2n) is 9.13. The number of fused-ring (bicyclic) bond motifs is 1. The van der Waals surface area contributed by atoms with E-state index in [0.717, 1.165) is 30.2 Å². The first-order chi connectivity index (χ1) is 17.8. The Morgan fingerprint density at radius 2 is 1.86 bits per heavy atom. The predicted octanol–water partition coefficient (Wildman–Crippen LogP) is 4.59. The summed E-state index contributed by atoms with van der Waals surface area (Å²) >= 11 is 0. The van der Waals surface area contributed by atoms with Crippen LogP contribution in [0.5, 0.6) is 5.88 Å². The third kappa shape index (κ3) is 4.52. The lowest BCUT2D eigenvalue weighted by molar-refractivity contribution is -0.140. The Morgan fingerprint density at radius 1 is 1.08 bits per heavy atom. The van der Waals surface area contributed by atoms with E-state index in [2.05, 4.69) is 15.0 Å². The van der Waals surface area contributed by atoms with Gasteiger partial charge in [-0.3, -0.25) is 9.69 Å². The topological polar surface area (TPSA) is 86.0 Å². The second-order valence-corrected chi connectivity index (χ2v) is 9.13. The van der Waals surface area contributed by atoms with Crippen molar-refractivity contribution in [2.45, 2.75) is 38.1 Å². The minimum atomic E-state index is -4.51. The van der Waals surface area contributed by atoms with Crippen molar-refractivity contribution >= 4 is 11.7 Å². The highest BCUT2D eigenvalue weighted by Crippen LogP contribution is 2.35. The second kappa shape index (κ2) is 8.68. The molecule has 6 rings (SSSR count). The van der Waals surface area contributed by atoms with Gasteiger partial charge in [0.25, 0.3) is 0 Å². The summed E-state index contributed by atoms with van der Waals surface area (Å²) < 4.78 is 46.3. The first-order valence-corrected chi connectivity index (χ1v) is 11.7. The van der Waals surface area contributed by atoms with Crippen LogP contribution in [0.25, 0.3) is 22.8 Å². The number of carbonyl (C=O) groups is 1. The summed E-state index contributed by atoms with van der Waals surface area (Å²) in [6, 6.07) is 10.6. The molecule has 1 fully saturated rings. The Hall–Kier alpha value is -4.28. The summed E-state index contributed by atoms with van der Waals surface area (Å²) in [5.74, 6) is 1.52. The lowest BCUT2D eigenvalue weighted by Crippen LogP contribution is -2.26.